The quantitative estimate of drug-likeness (QED) is 0.546. The second kappa shape index (κ2) is 9.29. The van der Waals surface area contributed by atoms with Gasteiger partial charge in [-0.15, -0.1) is 11.8 Å². The first kappa shape index (κ1) is 19.8. The number of esters is 1. The number of amides is 1. The molecule has 25 heavy (non-hydrogen) atoms. The number of aromatic nitrogens is 1. The van der Waals surface area contributed by atoms with Crippen LogP contribution in [0.5, 0.6) is 0 Å². The highest BCUT2D eigenvalue weighted by molar-refractivity contribution is 8.00. The summed E-state index contributed by atoms with van der Waals surface area (Å²) in [6.45, 7) is 1.25. The van der Waals surface area contributed by atoms with Crippen molar-refractivity contribution in [3.63, 3.8) is 0 Å². The number of benzene rings is 1. The lowest BCUT2D eigenvalue weighted by molar-refractivity contribution is -0.144. The molecule has 0 spiro atoms. The van der Waals surface area contributed by atoms with Gasteiger partial charge in [0.2, 0.25) is 0 Å². The van der Waals surface area contributed by atoms with E-state index in [0.717, 1.165) is 4.90 Å². The molecule has 132 valence electrons. The van der Waals surface area contributed by atoms with Gasteiger partial charge in [-0.2, -0.15) is 0 Å². The van der Waals surface area contributed by atoms with Crippen LogP contribution >= 0.6 is 46.6 Å². The third kappa shape index (κ3) is 6.40. The molecule has 5 nitrogen and oxygen atoms in total. The van der Waals surface area contributed by atoms with Crippen LogP contribution in [0.3, 0.4) is 0 Å². The van der Waals surface area contributed by atoms with Gasteiger partial charge in [-0.05, 0) is 37.3 Å². The maximum atomic E-state index is 11.8. The van der Waals surface area contributed by atoms with Gasteiger partial charge in [0.05, 0.1) is 21.5 Å². The maximum Gasteiger partial charge on any atom is 0.316 e. The molecule has 2 rings (SSSR count). The van der Waals surface area contributed by atoms with E-state index in [1.54, 1.807) is 31.2 Å². The lowest BCUT2D eigenvalue weighted by Gasteiger charge is -2.09. The minimum absolute atomic E-state index is 0.0774. The van der Waals surface area contributed by atoms with Crippen molar-refractivity contribution in [1.29, 1.82) is 0 Å². The molecule has 0 radical (unpaired) electrons. The van der Waals surface area contributed by atoms with Crippen LogP contribution in [0.2, 0.25) is 15.1 Å². The van der Waals surface area contributed by atoms with Crippen LogP contribution in [0.1, 0.15) is 5.69 Å². The number of hydrogen-bond acceptors (Lipinski definition) is 5. The van der Waals surface area contributed by atoms with Crippen LogP contribution in [0.15, 0.2) is 35.2 Å². The monoisotopic (exact) mass is 418 g/mol. The summed E-state index contributed by atoms with van der Waals surface area (Å²) in [4.78, 5) is 28.5. The molecule has 0 aliphatic heterocycles. The Morgan fingerprint density at radius 3 is 2.52 bits per heavy atom. The second-order valence-electron chi connectivity index (χ2n) is 4.84. The molecule has 2 aromatic rings. The average molecular weight is 420 g/mol. The van der Waals surface area contributed by atoms with E-state index >= 15 is 0 Å². The Bertz CT molecular complexity index is 785. The third-order valence-corrected chi connectivity index (χ3v) is 4.81. The first-order chi connectivity index (χ1) is 11.8. The Balaban J connectivity index is 1.78. The molecule has 0 saturated heterocycles. The molecule has 1 heterocycles. The molecular weight excluding hydrogens is 407 g/mol. The molecule has 1 N–H and O–H groups in total. The van der Waals surface area contributed by atoms with Crippen LogP contribution in [-0.2, 0) is 14.3 Å². The SMILES string of the molecule is Cc1nc(NC(=O)COC(=O)CSc2ccc(Cl)cc2)c(Cl)cc1Cl. The Labute approximate surface area is 164 Å². The normalized spacial score (nSPS) is 10.4. The van der Waals surface area contributed by atoms with E-state index in [1.807, 2.05) is 0 Å². The van der Waals surface area contributed by atoms with Gasteiger partial charge in [0.25, 0.3) is 5.91 Å². The molecule has 1 amide bonds. The molecule has 0 aliphatic carbocycles. The Morgan fingerprint density at radius 1 is 1.16 bits per heavy atom. The summed E-state index contributed by atoms with van der Waals surface area (Å²) < 4.78 is 4.92. The molecule has 1 aromatic heterocycles. The number of halogens is 3. The van der Waals surface area contributed by atoms with Gasteiger partial charge in [0.1, 0.15) is 0 Å². The third-order valence-electron chi connectivity index (χ3n) is 2.90. The number of nitrogens with zero attached hydrogens (tertiary/aromatic N) is 1. The Hall–Kier alpha value is -1.47. The fourth-order valence-corrected chi connectivity index (χ4v) is 2.90. The smallest absolute Gasteiger partial charge is 0.316 e. The summed E-state index contributed by atoms with van der Waals surface area (Å²) in [6, 6.07) is 8.53. The van der Waals surface area contributed by atoms with Crippen LogP contribution in [0.4, 0.5) is 5.82 Å². The van der Waals surface area contributed by atoms with Crippen molar-refractivity contribution in [1.82, 2.24) is 4.98 Å². The largest absolute Gasteiger partial charge is 0.455 e. The topological polar surface area (TPSA) is 68.3 Å². The fourth-order valence-electron chi connectivity index (χ4n) is 1.68. The fraction of sp³-hybridized carbons (Fsp3) is 0.188. The number of rotatable bonds is 6. The average Bonchev–Trinajstić information content (AvgIpc) is 2.57. The molecule has 0 atom stereocenters. The Kier molecular flexibility index (Phi) is 7.38. The van der Waals surface area contributed by atoms with E-state index in [2.05, 4.69) is 10.3 Å². The van der Waals surface area contributed by atoms with E-state index in [0.29, 0.717) is 15.7 Å². The van der Waals surface area contributed by atoms with Gasteiger partial charge in [-0.3, -0.25) is 9.59 Å². The summed E-state index contributed by atoms with van der Waals surface area (Å²) in [7, 11) is 0. The minimum Gasteiger partial charge on any atom is -0.455 e. The lowest BCUT2D eigenvalue weighted by Crippen LogP contribution is -2.22. The number of thioether (sulfide) groups is 1. The first-order valence-corrected chi connectivity index (χ1v) is 9.13. The highest BCUT2D eigenvalue weighted by Crippen LogP contribution is 2.25. The van der Waals surface area contributed by atoms with E-state index in [1.165, 1.54) is 17.8 Å². The predicted octanol–water partition coefficient (Wildman–Crippen LogP) is 4.62. The minimum atomic E-state index is -0.541. The lowest BCUT2D eigenvalue weighted by atomic mass is 10.3. The molecule has 9 heteroatoms. The first-order valence-electron chi connectivity index (χ1n) is 7.01. The van der Waals surface area contributed by atoms with Crippen LogP contribution < -0.4 is 5.32 Å². The highest BCUT2D eigenvalue weighted by atomic mass is 35.5. The summed E-state index contributed by atoms with van der Waals surface area (Å²) in [6.07, 6.45) is 0. The van der Waals surface area contributed by atoms with Gasteiger partial charge in [0.15, 0.2) is 12.4 Å². The molecule has 0 saturated carbocycles. The zero-order valence-corrected chi connectivity index (χ0v) is 16.1. The van der Waals surface area contributed by atoms with E-state index in [9.17, 15) is 9.59 Å². The number of nitrogens with one attached hydrogen (secondary N) is 1. The van der Waals surface area contributed by atoms with Gasteiger partial charge in [0, 0.05) is 9.92 Å². The van der Waals surface area contributed by atoms with Gasteiger partial charge >= 0.3 is 5.97 Å². The van der Waals surface area contributed by atoms with Gasteiger partial charge < -0.3 is 10.1 Å². The van der Waals surface area contributed by atoms with Gasteiger partial charge in [-0.25, -0.2) is 4.98 Å². The van der Waals surface area contributed by atoms with Crippen molar-refractivity contribution in [3.8, 4) is 0 Å². The maximum absolute atomic E-state index is 11.8. The number of aryl methyl sites for hydroxylation is 1. The number of carbonyl (C=O) groups is 2. The van der Waals surface area contributed by atoms with Crippen molar-refractivity contribution < 1.29 is 14.3 Å². The highest BCUT2D eigenvalue weighted by Gasteiger charge is 2.12. The van der Waals surface area contributed by atoms with Crippen LogP contribution in [0.25, 0.3) is 0 Å². The second-order valence-corrected chi connectivity index (χ2v) is 7.14. The van der Waals surface area contributed by atoms with Gasteiger partial charge in [-0.1, -0.05) is 34.8 Å². The molecule has 0 fully saturated rings. The standard InChI is InChI=1S/C16H13Cl3N2O3S/c1-9-12(18)6-13(19)16(20-9)21-14(22)7-24-15(23)8-25-11-4-2-10(17)3-5-11/h2-6H,7-8H2,1H3,(H,20,21,22). The van der Waals surface area contributed by atoms with Crippen LogP contribution in [0, 0.1) is 6.92 Å². The molecule has 1 aromatic carbocycles. The van der Waals surface area contributed by atoms with E-state index in [4.69, 9.17) is 39.5 Å². The molecule has 0 aliphatic rings. The Morgan fingerprint density at radius 2 is 1.84 bits per heavy atom. The number of pyridine rings is 1. The van der Waals surface area contributed by atoms with Crippen molar-refractivity contribution >= 4 is 64.3 Å². The van der Waals surface area contributed by atoms with Crippen molar-refractivity contribution in [2.24, 2.45) is 0 Å². The van der Waals surface area contributed by atoms with Crippen molar-refractivity contribution in [2.75, 3.05) is 17.7 Å². The van der Waals surface area contributed by atoms with Crippen molar-refractivity contribution in [2.45, 2.75) is 11.8 Å². The zero-order chi connectivity index (χ0) is 18.4. The molecular formula is C16H13Cl3N2O3S. The summed E-state index contributed by atoms with van der Waals surface area (Å²) in [5, 5.41) is 3.69. The molecule has 0 bridgehead atoms. The number of anilines is 1. The number of hydrogen-bond donors (Lipinski definition) is 1. The number of ether oxygens (including phenoxy) is 1. The summed E-state index contributed by atoms with van der Waals surface area (Å²) >= 11 is 18.9. The number of carbonyl (C=O) groups excluding carboxylic acids is 2. The van der Waals surface area contributed by atoms with Crippen LogP contribution in [-0.4, -0.2) is 29.2 Å². The van der Waals surface area contributed by atoms with E-state index in [-0.39, 0.29) is 16.6 Å². The van der Waals surface area contributed by atoms with Crippen molar-refractivity contribution in [3.05, 3.63) is 51.1 Å². The molecule has 0 unspecified atom stereocenters. The predicted molar refractivity (Wildman–Crippen MR) is 101 cm³/mol. The summed E-state index contributed by atoms with van der Waals surface area (Å²) in [5.41, 5.74) is 0.526. The summed E-state index contributed by atoms with van der Waals surface area (Å²) in [5.74, 6) is -0.809. The van der Waals surface area contributed by atoms with E-state index < -0.39 is 18.5 Å². The zero-order valence-electron chi connectivity index (χ0n) is 13.0.